The predicted molar refractivity (Wildman–Crippen MR) is 132 cm³/mol. The molecule has 4 aliphatic rings. The molecule has 2 aromatic rings. The Labute approximate surface area is 205 Å². The number of ketones is 1. The van der Waals surface area contributed by atoms with Gasteiger partial charge in [-0.3, -0.25) is 4.79 Å². The third-order valence-electron chi connectivity index (χ3n) is 9.11. The highest BCUT2D eigenvalue weighted by Gasteiger charge is 2.55. The van der Waals surface area contributed by atoms with Crippen LogP contribution < -0.4 is 0 Å². The Hall–Kier alpha value is -1.65. The van der Waals surface area contributed by atoms with Gasteiger partial charge in [-0.05, 0) is 74.0 Å². The van der Waals surface area contributed by atoms with Crippen molar-refractivity contribution < 1.29 is 4.79 Å². The molecular formula is C27H31Cl2N3O. The lowest BCUT2D eigenvalue weighted by Crippen LogP contribution is -2.42. The third kappa shape index (κ3) is 3.51. The minimum atomic E-state index is -0.317. The average Bonchev–Trinajstić information content (AvgIpc) is 3.42. The van der Waals surface area contributed by atoms with Gasteiger partial charge in [-0.2, -0.15) is 5.10 Å². The molecule has 0 spiro atoms. The van der Waals surface area contributed by atoms with E-state index < -0.39 is 0 Å². The van der Waals surface area contributed by atoms with Crippen molar-refractivity contribution in [2.24, 2.45) is 40.5 Å². The van der Waals surface area contributed by atoms with Crippen molar-refractivity contribution in [1.29, 1.82) is 0 Å². The van der Waals surface area contributed by atoms with Crippen LogP contribution in [0.15, 0.2) is 35.5 Å². The number of fused-ring (bicyclic) bond motifs is 4. The van der Waals surface area contributed by atoms with Gasteiger partial charge in [0.2, 0.25) is 0 Å². The Bertz CT molecular complexity index is 1090. The van der Waals surface area contributed by atoms with Crippen LogP contribution in [-0.4, -0.2) is 21.3 Å². The van der Waals surface area contributed by atoms with Crippen LogP contribution in [0, 0.1) is 35.5 Å². The normalized spacial score (nSPS) is 35.4. The molecule has 3 saturated carbocycles. The van der Waals surface area contributed by atoms with Crippen molar-refractivity contribution in [2.45, 2.75) is 64.3 Å². The largest absolute Gasteiger partial charge is 0.299 e. The van der Waals surface area contributed by atoms with Crippen LogP contribution in [0.5, 0.6) is 0 Å². The molecule has 6 rings (SSSR count). The summed E-state index contributed by atoms with van der Waals surface area (Å²) in [5.74, 6) is 3.58. The summed E-state index contributed by atoms with van der Waals surface area (Å²) in [6.07, 6.45) is 12.0. The van der Waals surface area contributed by atoms with E-state index in [1.165, 1.54) is 51.4 Å². The molecular weight excluding hydrogens is 453 g/mol. The number of aliphatic imine (C=N–C) groups is 1. The van der Waals surface area contributed by atoms with E-state index in [9.17, 15) is 4.79 Å². The molecule has 1 aromatic heterocycles. The van der Waals surface area contributed by atoms with Crippen molar-refractivity contribution in [2.75, 3.05) is 0 Å². The Kier molecular flexibility index (Phi) is 5.65. The number of carbonyl (C=O) groups is 1. The van der Waals surface area contributed by atoms with Crippen LogP contribution >= 0.6 is 23.2 Å². The highest BCUT2D eigenvalue weighted by Crippen LogP contribution is 2.58. The van der Waals surface area contributed by atoms with E-state index in [1.807, 2.05) is 35.9 Å². The van der Waals surface area contributed by atoms with Crippen LogP contribution in [0.25, 0.3) is 0 Å². The molecule has 0 radical (unpaired) electrons. The van der Waals surface area contributed by atoms with Crippen molar-refractivity contribution in [1.82, 2.24) is 9.78 Å². The molecule has 6 unspecified atom stereocenters. The zero-order valence-corrected chi connectivity index (χ0v) is 20.6. The van der Waals surface area contributed by atoms with Gasteiger partial charge in [0.05, 0.1) is 28.2 Å². The maximum absolute atomic E-state index is 14.6. The molecule has 1 aromatic carbocycles. The van der Waals surface area contributed by atoms with Gasteiger partial charge in [-0.1, -0.05) is 55.0 Å². The summed E-state index contributed by atoms with van der Waals surface area (Å²) >= 11 is 12.7. The first-order valence-electron chi connectivity index (χ1n) is 12.6. The lowest BCUT2D eigenvalue weighted by molar-refractivity contribution is -0.129. The van der Waals surface area contributed by atoms with Gasteiger partial charge < -0.3 is 0 Å². The van der Waals surface area contributed by atoms with Crippen LogP contribution in [0.4, 0.5) is 5.82 Å². The highest BCUT2D eigenvalue weighted by molar-refractivity contribution is 6.42. The molecule has 1 aliphatic heterocycles. The number of carbonyl (C=O) groups excluding carboxylic acids is 1. The van der Waals surface area contributed by atoms with E-state index in [0.29, 0.717) is 27.7 Å². The molecule has 6 atom stereocenters. The quantitative estimate of drug-likeness (QED) is 0.459. The Morgan fingerprint density at radius 1 is 0.909 bits per heavy atom. The zero-order valence-electron chi connectivity index (χ0n) is 19.1. The fourth-order valence-electron chi connectivity index (χ4n) is 7.90. The summed E-state index contributed by atoms with van der Waals surface area (Å²) in [5, 5.41) is 5.64. The van der Waals surface area contributed by atoms with E-state index in [-0.39, 0.29) is 17.9 Å². The second-order valence-electron chi connectivity index (χ2n) is 10.6. The zero-order chi connectivity index (χ0) is 22.7. The van der Waals surface area contributed by atoms with E-state index >= 15 is 0 Å². The van der Waals surface area contributed by atoms with Crippen molar-refractivity contribution in [3.63, 3.8) is 0 Å². The standard InChI is InChI=1S/C27H31Cl2N3O/c1-15-24(26(32-23(31-15)12-13-30-32)16-10-11-21(28)22(29)14-16)27(33)25-19-8-4-2-6-17(19)18-7-3-5-9-20(18)25/h10-14,17-20,24-26H,2-9H2,1H3. The fourth-order valence-corrected chi connectivity index (χ4v) is 8.21. The molecule has 0 N–H and O–H groups in total. The third-order valence-corrected chi connectivity index (χ3v) is 9.85. The van der Waals surface area contributed by atoms with E-state index in [0.717, 1.165) is 28.9 Å². The van der Waals surface area contributed by atoms with Crippen molar-refractivity contribution in [3.05, 3.63) is 46.1 Å². The monoisotopic (exact) mass is 483 g/mol. The molecule has 2 heterocycles. The van der Waals surface area contributed by atoms with Gasteiger partial charge in [0, 0.05) is 17.7 Å². The van der Waals surface area contributed by atoms with Crippen LogP contribution in [0.3, 0.4) is 0 Å². The Morgan fingerprint density at radius 3 is 2.18 bits per heavy atom. The fraction of sp³-hybridized carbons (Fsp3) is 0.593. The van der Waals surface area contributed by atoms with Gasteiger partial charge in [0.1, 0.15) is 5.78 Å². The molecule has 0 amide bonds. The predicted octanol–water partition coefficient (Wildman–Crippen LogP) is 7.31. The molecule has 3 aliphatic carbocycles. The lowest BCUT2D eigenvalue weighted by atomic mass is 9.70. The summed E-state index contributed by atoms with van der Waals surface area (Å²) in [5.41, 5.74) is 1.87. The van der Waals surface area contributed by atoms with Crippen molar-refractivity contribution >= 4 is 40.5 Å². The molecule has 3 fully saturated rings. The van der Waals surface area contributed by atoms with Crippen LogP contribution in [0.1, 0.15) is 69.9 Å². The number of rotatable bonds is 3. The van der Waals surface area contributed by atoms with Gasteiger partial charge >= 0.3 is 0 Å². The number of hydrogen-bond acceptors (Lipinski definition) is 3. The van der Waals surface area contributed by atoms with E-state index in [2.05, 4.69) is 5.10 Å². The highest BCUT2D eigenvalue weighted by atomic mass is 35.5. The minimum absolute atomic E-state index is 0.151. The number of benzene rings is 1. The summed E-state index contributed by atoms with van der Waals surface area (Å²) in [6.45, 7) is 2.02. The van der Waals surface area contributed by atoms with Gasteiger partial charge in [-0.15, -0.1) is 0 Å². The van der Waals surface area contributed by atoms with E-state index in [4.69, 9.17) is 28.2 Å². The number of Topliss-reactive ketones (excluding diaryl/α,β-unsaturated/α-hetero) is 1. The number of nitrogens with zero attached hydrogens (tertiary/aromatic N) is 3. The first kappa shape index (κ1) is 21.9. The first-order chi connectivity index (χ1) is 16.0. The molecule has 0 saturated heterocycles. The lowest BCUT2D eigenvalue weighted by Gasteiger charge is -2.36. The first-order valence-corrected chi connectivity index (χ1v) is 13.4. The molecule has 6 heteroatoms. The second kappa shape index (κ2) is 8.53. The maximum Gasteiger partial charge on any atom is 0.150 e. The van der Waals surface area contributed by atoms with Gasteiger partial charge in [0.25, 0.3) is 0 Å². The SMILES string of the molecule is CC1=Nc2ccnn2C(c2ccc(Cl)c(Cl)c2)C1C(=O)C1C2CCCCC2C2CCCCC21. The average molecular weight is 484 g/mol. The maximum atomic E-state index is 14.6. The summed E-state index contributed by atoms with van der Waals surface area (Å²) in [6, 6.07) is 7.40. The van der Waals surface area contributed by atoms with Gasteiger partial charge in [-0.25, -0.2) is 9.67 Å². The summed E-state index contributed by atoms with van der Waals surface area (Å²) in [4.78, 5) is 19.4. The van der Waals surface area contributed by atoms with Gasteiger partial charge in [0.15, 0.2) is 5.82 Å². The number of aromatic nitrogens is 2. The second-order valence-corrected chi connectivity index (χ2v) is 11.5. The molecule has 174 valence electrons. The van der Waals surface area contributed by atoms with Crippen molar-refractivity contribution in [3.8, 4) is 0 Å². The van der Waals surface area contributed by atoms with Crippen LogP contribution in [-0.2, 0) is 4.79 Å². The van der Waals surface area contributed by atoms with Crippen LogP contribution in [0.2, 0.25) is 10.0 Å². The molecule has 33 heavy (non-hydrogen) atoms. The molecule has 0 bridgehead atoms. The smallest absolute Gasteiger partial charge is 0.150 e. The molecule has 4 nitrogen and oxygen atoms in total. The summed E-state index contributed by atoms with van der Waals surface area (Å²) in [7, 11) is 0. The Morgan fingerprint density at radius 2 is 1.55 bits per heavy atom. The number of halogens is 2. The van der Waals surface area contributed by atoms with E-state index in [1.54, 1.807) is 6.20 Å². The summed E-state index contributed by atoms with van der Waals surface area (Å²) < 4.78 is 1.92. The topological polar surface area (TPSA) is 47.2 Å². The Balaban J connectivity index is 1.43. The number of hydrogen-bond donors (Lipinski definition) is 0. The minimum Gasteiger partial charge on any atom is -0.299 e.